The highest BCUT2D eigenvalue weighted by Crippen LogP contribution is 2.62. The van der Waals surface area contributed by atoms with E-state index >= 15 is 0 Å². The maximum Gasteiger partial charge on any atom is 0.460 e. The molecule has 0 aliphatic heterocycles. The third-order valence-electron chi connectivity index (χ3n) is 4.76. The van der Waals surface area contributed by atoms with Crippen molar-refractivity contribution in [3.63, 3.8) is 0 Å². The predicted molar refractivity (Wildman–Crippen MR) is 84.9 cm³/mol. The highest BCUT2D eigenvalue weighted by Gasteiger charge is 2.94. The molecule has 0 aromatic carbocycles. The van der Waals surface area contributed by atoms with Crippen molar-refractivity contribution in [1.82, 2.24) is 5.32 Å². The normalized spacial score (nSPS) is 15.0. The third-order valence-corrected chi connectivity index (χ3v) is 4.76. The van der Waals surface area contributed by atoms with Crippen LogP contribution in [-0.4, -0.2) is 77.6 Å². The van der Waals surface area contributed by atoms with Crippen LogP contribution in [0.1, 0.15) is 25.7 Å². The van der Waals surface area contributed by atoms with Gasteiger partial charge in [-0.05, 0) is 31.6 Å². The van der Waals surface area contributed by atoms with Crippen molar-refractivity contribution in [1.29, 1.82) is 0 Å². The van der Waals surface area contributed by atoms with Crippen LogP contribution >= 0.6 is 0 Å². The Morgan fingerprint density at radius 2 is 0.971 bits per heavy atom. The van der Waals surface area contributed by atoms with E-state index in [-0.39, 0.29) is 19.3 Å². The first-order valence-corrected chi connectivity index (χ1v) is 9.25. The van der Waals surface area contributed by atoms with Crippen molar-refractivity contribution in [3.05, 3.63) is 0 Å². The van der Waals surface area contributed by atoms with Gasteiger partial charge in [-0.1, -0.05) is 0 Å². The Morgan fingerprint density at radius 3 is 1.34 bits per heavy atom. The summed E-state index contributed by atoms with van der Waals surface area (Å²) in [6.07, 6.45) is -8.10. The van der Waals surface area contributed by atoms with E-state index in [4.69, 9.17) is 10.2 Å². The van der Waals surface area contributed by atoms with Crippen LogP contribution in [0.2, 0.25) is 0 Å². The fourth-order valence-corrected chi connectivity index (χ4v) is 2.61. The number of alkyl halides is 15. The number of carbonyl (C=O) groups is 1. The van der Waals surface area contributed by atoms with Gasteiger partial charge in [-0.3, -0.25) is 4.79 Å². The molecule has 0 heterocycles. The van der Waals surface area contributed by atoms with Gasteiger partial charge >= 0.3 is 41.7 Å². The average molecular weight is 557 g/mol. The molecule has 0 spiro atoms. The van der Waals surface area contributed by atoms with Crippen molar-refractivity contribution >= 4 is 5.91 Å². The monoisotopic (exact) mass is 557 g/mol. The molecule has 19 heteroatoms. The summed E-state index contributed by atoms with van der Waals surface area (Å²) in [6, 6.07) is 0. The number of hydrogen-bond donors (Lipinski definition) is 3. The van der Waals surface area contributed by atoms with Gasteiger partial charge in [0.2, 0.25) is 0 Å². The second-order valence-corrected chi connectivity index (χ2v) is 7.23. The van der Waals surface area contributed by atoms with E-state index in [0.717, 1.165) is 5.32 Å². The molecule has 0 rings (SSSR count). The molecule has 0 aliphatic carbocycles. The number of hydrogen-bond acceptors (Lipinski definition) is 3. The van der Waals surface area contributed by atoms with Crippen molar-refractivity contribution in [2.24, 2.45) is 5.92 Å². The molecule has 4 nitrogen and oxygen atoms in total. The lowest BCUT2D eigenvalue weighted by atomic mass is 9.90. The molecular formula is C16H18F15NO3. The Bertz CT molecular complexity index is 703. The van der Waals surface area contributed by atoms with E-state index in [1.54, 1.807) is 0 Å². The summed E-state index contributed by atoms with van der Waals surface area (Å²) >= 11 is 0. The molecule has 0 aromatic heterocycles. The molecular weight excluding hydrogens is 539 g/mol. The minimum Gasteiger partial charge on any atom is -0.396 e. The first-order valence-electron chi connectivity index (χ1n) is 9.25. The number of amides is 1. The van der Waals surface area contributed by atoms with Gasteiger partial charge in [0.1, 0.15) is 0 Å². The molecule has 0 saturated carbocycles. The van der Waals surface area contributed by atoms with Crippen molar-refractivity contribution in [3.8, 4) is 0 Å². The Kier molecular flexibility index (Phi) is 10.2. The van der Waals surface area contributed by atoms with Gasteiger partial charge in [0.15, 0.2) is 0 Å². The third kappa shape index (κ3) is 5.85. The summed E-state index contributed by atoms with van der Waals surface area (Å²) in [7, 11) is 0. The number of halogens is 15. The van der Waals surface area contributed by atoms with Crippen LogP contribution in [0.5, 0.6) is 0 Å². The fourth-order valence-electron chi connectivity index (χ4n) is 2.61. The first kappa shape index (κ1) is 33.3. The van der Waals surface area contributed by atoms with Crippen LogP contribution in [0.25, 0.3) is 0 Å². The number of aliphatic hydroxyl groups excluding tert-OH is 2. The second kappa shape index (κ2) is 10.8. The highest BCUT2D eigenvalue weighted by atomic mass is 19.4. The van der Waals surface area contributed by atoms with Crippen LogP contribution in [-0.2, 0) is 4.79 Å². The van der Waals surface area contributed by atoms with Gasteiger partial charge in [-0.25, -0.2) is 0 Å². The topological polar surface area (TPSA) is 69.6 Å². The number of carbonyl (C=O) groups excluding carboxylic acids is 1. The zero-order valence-electron chi connectivity index (χ0n) is 17.0. The van der Waals surface area contributed by atoms with E-state index in [9.17, 15) is 70.7 Å². The largest absolute Gasteiger partial charge is 0.460 e. The number of nitrogens with one attached hydrogen (secondary N) is 1. The highest BCUT2D eigenvalue weighted by molar-refractivity contribution is 5.84. The summed E-state index contributed by atoms with van der Waals surface area (Å²) in [5.74, 6) is -52.1. The molecule has 1 amide bonds. The summed E-state index contributed by atoms with van der Waals surface area (Å²) in [6.45, 7) is -1.87. The van der Waals surface area contributed by atoms with Gasteiger partial charge < -0.3 is 15.5 Å². The van der Waals surface area contributed by atoms with E-state index in [1.165, 1.54) is 0 Å². The van der Waals surface area contributed by atoms with Gasteiger partial charge in [0, 0.05) is 19.8 Å². The molecule has 35 heavy (non-hydrogen) atoms. The van der Waals surface area contributed by atoms with Crippen LogP contribution in [0.4, 0.5) is 65.9 Å². The average Bonchev–Trinajstić information content (AvgIpc) is 2.69. The molecule has 0 atom stereocenters. The second-order valence-electron chi connectivity index (χ2n) is 7.23. The Morgan fingerprint density at radius 1 is 0.600 bits per heavy atom. The van der Waals surface area contributed by atoms with Crippen LogP contribution < -0.4 is 5.32 Å². The smallest absolute Gasteiger partial charge is 0.396 e. The van der Waals surface area contributed by atoms with Crippen LogP contribution in [0, 0.1) is 5.92 Å². The maximum atomic E-state index is 13.7. The molecule has 0 fully saturated rings. The molecule has 0 radical (unpaired) electrons. The maximum absolute atomic E-state index is 13.7. The minimum atomic E-state index is -8.45. The van der Waals surface area contributed by atoms with Gasteiger partial charge in [0.25, 0.3) is 5.91 Å². The zero-order valence-corrected chi connectivity index (χ0v) is 17.0. The molecule has 3 N–H and O–H groups in total. The molecule has 0 saturated heterocycles. The fraction of sp³-hybridized carbons (Fsp3) is 0.938. The van der Waals surface area contributed by atoms with Crippen molar-refractivity contribution in [2.45, 2.75) is 67.4 Å². The number of rotatable bonds is 14. The van der Waals surface area contributed by atoms with E-state index in [2.05, 4.69) is 0 Å². The van der Waals surface area contributed by atoms with Crippen LogP contribution in [0.15, 0.2) is 0 Å². The summed E-state index contributed by atoms with van der Waals surface area (Å²) in [5, 5.41) is 18.4. The SMILES string of the molecule is O=C(NCCCC(CCO)CCO)C(F)(F)C(F)(F)C(F)(F)C(F)(F)C(F)(F)C(F)(F)C(F)(F)F. The first-order chi connectivity index (χ1) is 15.4. The Hall–Kier alpha value is -1.66. The Balaban J connectivity index is 5.84. The quantitative estimate of drug-likeness (QED) is 0.216. The molecule has 0 bridgehead atoms. The van der Waals surface area contributed by atoms with Crippen molar-refractivity contribution in [2.75, 3.05) is 19.8 Å². The van der Waals surface area contributed by atoms with Crippen molar-refractivity contribution < 1.29 is 80.9 Å². The lowest BCUT2D eigenvalue weighted by Gasteiger charge is -2.41. The summed E-state index contributed by atoms with van der Waals surface area (Å²) in [5.41, 5.74) is 0. The molecule has 210 valence electrons. The minimum absolute atomic E-state index is 0.0425. The Labute approximate surface area is 186 Å². The van der Waals surface area contributed by atoms with Gasteiger partial charge in [-0.2, -0.15) is 65.9 Å². The lowest BCUT2D eigenvalue weighted by Crippen LogP contribution is -2.74. The van der Waals surface area contributed by atoms with E-state index in [0.29, 0.717) is 0 Å². The molecule has 0 unspecified atom stereocenters. The lowest BCUT2D eigenvalue weighted by molar-refractivity contribution is -0.449. The zero-order chi connectivity index (χ0) is 28.3. The predicted octanol–water partition coefficient (Wildman–Crippen LogP) is 4.64. The van der Waals surface area contributed by atoms with Gasteiger partial charge in [0.05, 0.1) is 0 Å². The van der Waals surface area contributed by atoms with Gasteiger partial charge in [-0.15, -0.1) is 0 Å². The van der Waals surface area contributed by atoms with Crippen LogP contribution in [0.3, 0.4) is 0 Å². The van der Waals surface area contributed by atoms with E-state index in [1.807, 2.05) is 0 Å². The standard InChI is InChI=1S/C16H18F15NO3/c17-10(18,9(35)32-5-1-2-8(3-6-33)4-7-34)11(19,20)12(21,22)13(23,24)14(25,26)15(27,28)16(29,30)31/h8,33-34H,1-7H2,(H,32,35). The van der Waals surface area contributed by atoms with E-state index < -0.39 is 79.7 Å². The molecule has 0 aromatic rings. The summed E-state index contributed by atoms with van der Waals surface area (Å²) in [4.78, 5) is 11.3. The number of aliphatic hydroxyl groups is 2. The molecule has 0 aliphatic rings. The summed E-state index contributed by atoms with van der Waals surface area (Å²) < 4.78 is 196.